The lowest BCUT2D eigenvalue weighted by atomic mass is 10.1. The maximum absolute atomic E-state index is 12.5. The SMILES string of the molecule is Cn1ncc2c(C(=O)c3ccc([N+](=O)[O-])cc3)ncnc21. The summed E-state index contributed by atoms with van der Waals surface area (Å²) in [6.07, 6.45) is 2.82. The highest BCUT2D eigenvalue weighted by Gasteiger charge is 2.17. The van der Waals surface area contributed by atoms with E-state index in [1.165, 1.54) is 36.8 Å². The maximum atomic E-state index is 12.5. The van der Waals surface area contributed by atoms with Crippen LogP contribution < -0.4 is 0 Å². The Labute approximate surface area is 118 Å². The Morgan fingerprint density at radius 1 is 1.24 bits per heavy atom. The lowest BCUT2D eigenvalue weighted by Crippen LogP contribution is -2.06. The van der Waals surface area contributed by atoms with Gasteiger partial charge in [-0.25, -0.2) is 9.97 Å². The fraction of sp³-hybridized carbons (Fsp3) is 0.0769. The molecule has 0 bridgehead atoms. The van der Waals surface area contributed by atoms with Gasteiger partial charge in [0.1, 0.15) is 12.0 Å². The highest BCUT2D eigenvalue weighted by Crippen LogP contribution is 2.19. The molecule has 21 heavy (non-hydrogen) atoms. The fourth-order valence-electron chi connectivity index (χ4n) is 2.01. The zero-order valence-corrected chi connectivity index (χ0v) is 10.9. The van der Waals surface area contributed by atoms with Gasteiger partial charge in [-0.1, -0.05) is 0 Å². The Morgan fingerprint density at radius 2 is 1.95 bits per heavy atom. The first kappa shape index (κ1) is 12.9. The number of hydrogen-bond acceptors (Lipinski definition) is 6. The van der Waals surface area contributed by atoms with E-state index in [0.717, 1.165) is 0 Å². The number of ketones is 1. The second kappa shape index (κ2) is 4.75. The Balaban J connectivity index is 2.06. The van der Waals surface area contributed by atoms with Crippen LogP contribution in [0.2, 0.25) is 0 Å². The predicted octanol–water partition coefficient (Wildman–Crippen LogP) is 1.50. The Morgan fingerprint density at radius 3 is 2.62 bits per heavy atom. The van der Waals surface area contributed by atoms with Crippen LogP contribution in [0.1, 0.15) is 16.1 Å². The van der Waals surface area contributed by atoms with E-state index >= 15 is 0 Å². The number of carbonyl (C=O) groups excluding carboxylic acids is 1. The summed E-state index contributed by atoms with van der Waals surface area (Å²) in [5.74, 6) is -0.328. The van der Waals surface area contributed by atoms with Gasteiger partial charge in [-0.15, -0.1) is 0 Å². The number of carbonyl (C=O) groups is 1. The van der Waals surface area contributed by atoms with Crippen molar-refractivity contribution >= 4 is 22.5 Å². The summed E-state index contributed by atoms with van der Waals surface area (Å²) in [6.45, 7) is 0. The summed E-state index contributed by atoms with van der Waals surface area (Å²) in [4.78, 5) is 30.6. The normalized spacial score (nSPS) is 10.7. The molecule has 0 spiro atoms. The topological polar surface area (TPSA) is 104 Å². The van der Waals surface area contributed by atoms with Crippen LogP contribution in [-0.2, 0) is 7.05 Å². The van der Waals surface area contributed by atoms with Gasteiger partial charge < -0.3 is 0 Å². The number of non-ortho nitro benzene ring substituents is 1. The van der Waals surface area contributed by atoms with Crippen LogP contribution in [0.15, 0.2) is 36.8 Å². The van der Waals surface area contributed by atoms with Crippen molar-refractivity contribution in [2.45, 2.75) is 0 Å². The first-order chi connectivity index (χ1) is 10.1. The number of nitro benzene ring substituents is 1. The van der Waals surface area contributed by atoms with E-state index in [2.05, 4.69) is 15.1 Å². The minimum atomic E-state index is -0.516. The molecule has 1 aromatic carbocycles. The van der Waals surface area contributed by atoms with Gasteiger partial charge in [0, 0.05) is 24.7 Å². The highest BCUT2D eigenvalue weighted by atomic mass is 16.6. The molecule has 104 valence electrons. The van der Waals surface area contributed by atoms with Gasteiger partial charge in [0.15, 0.2) is 5.65 Å². The zero-order valence-electron chi connectivity index (χ0n) is 10.9. The molecule has 2 aromatic heterocycles. The molecular weight excluding hydrogens is 274 g/mol. The van der Waals surface area contributed by atoms with Crippen LogP contribution in [0, 0.1) is 10.1 Å². The van der Waals surface area contributed by atoms with Crippen LogP contribution in [0.3, 0.4) is 0 Å². The van der Waals surface area contributed by atoms with Crippen molar-refractivity contribution in [1.82, 2.24) is 19.7 Å². The van der Waals surface area contributed by atoms with Crippen molar-refractivity contribution in [3.63, 3.8) is 0 Å². The van der Waals surface area contributed by atoms with E-state index in [0.29, 0.717) is 16.6 Å². The average Bonchev–Trinajstić information content (AvgIpc) is 2.88. The van der Waals surface area contributed by atoms with Gasteiger partial charge in [-0.2, -0.15) is 5.10 Å². The quantitative estimate of drug-likeness (QED) is 0.410. The first-order valence-electron chi connectivity index (χ1n) is 6.00. The molecular formula is C13H9N5O3. The van der Waals surface area contributed by atoms with E-state index < -0.39 is 4.92 Å². The fourth-order valence-corrected chi connectivity index (χ4v) is 2.01. The van der Waals surface area contributed by atoms with Gasteiger partial charge in [0.2, 0.25) is 5.78 Å². The Kier molecular flexibility index (Phi) is 2.90. The van der Waals surface area contributed by atoms with Crippen molar-refractivity contribution in [3.8, 4) is 0 Å². The lowest BCUT2D eigenvalue weighted by molar-refractivity contribution is -0.384. The van der Waals surface area contributed by atoms with E-state index in [4.69, 9.17) is 0 Å². The standard InChI is InChI=1S/C13H9N5O3/c1-17-13-10(6-16-17)11(14-7-15-13)12(19)8-2-4-9(5-3-8)18(20)21/h2-7H,1H3. The Hall–Kier alpha value is -3.16. The number of nitrogens with zero attached hydrogens (tertiary/aromatic N) is 5. The van der Waals surface area contributed by atoms with Gasteiger partial charge in [-0.3, -0.25) is 19.6 Å². The van der Waals surface area contributed by atoms with E-state index in [9.17, 15) is 14.9 Å². The Bertz CT molecular complexity index is 854. The number of hydrogen-bond donors (Lipinski definition) is 0. The third-order valence-electron chi connectivity index (χ3n) is 3.08. The molecule has 8 heteroatoms. The van der Waals surface area contributed by atoms with Crippen LogP contribution in [-0.4, -0.2) is 30.5 Å². The molecule has 0 radical (unpaired) electrons. The monoisotopic (exact) mass is 283 g/mol. The minimum Gasteiger partial charge on any atom is -0.287 e. The molecule has 3 rings (SSSR count). The smallest absolute Gasteiger partial charge is 0.269 e. The lowest BCUT2D eigenvalue weighted by Gasteiger charge is -2.01. The number of fused-ring (bicyclic) bond motifs is 1. The van der Waals surface area contributed by atoms with Gasteiger partial charge in [-0.05, 0) is 12.1 Å². The largest absolute Gasteiger partial charge is 0.287 e. The summed E-state index contributed by atoms with van der Waals surface area (Å²) in [7, 11) is 1.72. The van der Waals surface area contributed by atoms with Crippen molar-refractivity contribution in [2.75, 3.05) is 0 Å². The molecule has 0 aliphatic heterocycles. The summed E-state index contributed by atoms with van der Waals surface area (Å²) >= 11 is 0. The maximum Gasteiger partial charge on any atom is 0.269 e. The molecule has 0 amide bonds. The molecule has 0 atom stereocenters. The second-order valence-electron chi connectivity index (χ2n) is 4.36. The average molecular weight is 283 g/mol. The number of nitro groups is 1. The zero-order chi connectivity index (χ0) is 15.0. The van der Waals surface area contributed by atoms with Crippen molar-refractivity contribution < 1.29 is 9.72 Å². The summed E-state index contributed by atoms with van der Waals surface area (Å²) in [5.41, 5.74) is 1.03. The van der Waals surface area contributed by atoms with Crippen molar-refractivity contribution in [1.29, 1.82) is 0 Å². The molecule has 0 aliphatic rings. The molecule has 8 nitrogen and oxygen atoms in total. The third kappa shape index (κ3) is 2.12. The molecule has 0 saturated carbocycles. The molecule has 0 unspecified atom stereocenters. The molecule has 0 aliphatic carbocycles. The molecule has 3 aromatic rings. The van der Waals surface area contributed by atoms with Crippen molar-refractivity contribution in [2.24, 2.45) is 7.05 Å². The van der Waals surface area contributed by atoms with E-state index in [1.54, 1.807) is 11.7 Å². The summed E-state index contributed by atoms with van der Waals surface area (Å²) in [6, 6.07) is 5.39. The van der Waals surface area contributed by atoms with E-state index in [1.807, 2.05) is 0 Å². The van der Waals surface area contributed by atoms with Crippen LogP contribution >= 0.6 is 0 Å². The van der Waals surface area contributed by atoms with Gasteiger partial charge >= 0.3 is 0 Å². The van der Waals surface area contributed by atoms with Gasteiger partial charge in [0.05, 0.1) is 16.5 Å². The van der Waals surface area contributed by atoms with Crippen molar-refractivity contribution in [3.05, 3.63) is 58.2 Å². The highest BCUT2D eigenvalue weighted by molar-refractivity contribution is 6.14. The molecule has 0 N–H and O–H groups in total. The van der Waals surface area contributed by atoms with Gasteiger partial charge in [0.25, 0.3) is 5.69 Å². The minimum absolute atomic E-state index is 0.0687. The predicted molar refractivity (Wildman–Crippen MR) is 72.8 cm³/mol. The third-order valence-corrected chi connectivity index (χ3v) is 3.08. The van der Waals surface area contributed by atoms with Crippen LogP contribution in [0.5, 0.6) is 0 Å². The first-order valence-corrected chi connectivity index (χ1v) is 6.00. The number of aromatic nitrogens is 4. The van der Waals surface area contributed by atoms with E-state index in [-0.39, 0.29) is 17.2 Å². The van der Waals surface area contributed by atoms with Crippen LogP contribution in [0.25, 0.3) is 11.0 Å². The molecule has 0 fully saturated rings. The number of aryl methyl sites for hydroxylation is 1. The summed E-state index contributed by atoms with van der Waals surface area (Å²) in [5, 5.41) is 15.2. The number of rotatable bonds is 3. The van der Waals surface area contributed by atoms with Crippen LogP contribution in [0.4, 0.5) is 5.69 Å². The second-order valence-corrected chi connectivity index (χ2v) is 4.36. The number of benzene rings is 1. The molecule has 2 heterocycles. The summed E-state index contributed by atoms with van der Waals surface area (Å²) < 4.78 is 1.55. The molecule has 0 saturated heterocycles.